The first-order chi connectivity index (χ1) is 9.20. The van der Waals surface area contributed by atoms with Gasteiger partial charge < -0.3 is 10.6 Å². The van der Waals surface area contributed by atoms with E-state index in [0.29, 0.717) is 18.7 Å². The van der Waals surface area contributed by atoms with Crippen LogP contribution in [0.3, 0.4) is 0 Å². The Labute approximate surface area is 112 Å². The van der Waals surface area contributed by atoms with E-state index in [4.69, 9.17) is 5.73 Å². The van der Waals surface area contributed by atoms with Crippen LogP contribution < -0.4 is 5.73 Å². The Morgan fingerprint density at radius 2 is 2.05 bits per heavy atom. The lowest BCUT2D eigenvalue weighted by atomic mass is 10.1. The van der Waals surface area contributed by atoms with E-state index in [9.17, 15) is 4.79 Å². The molecule has 0 fully saturated rings. The van der Waals surface area contributed by atoms with Crippen molar-refractivity contribution in [3.8, 4) is 0 Å². The summed E-state index contributed by atoms with van der Waals surface area (Å²) >= 11 is 0. The lowest BCUT2D eigenvalue weighted by Gasteiger charge is -2.17. The van der Waals surface area contributed by atoms with Gasteiger partial charge in [0.2, 0.25) is 0 Å². The molecule has 1 amide bonds. The first kappa shape index (κ1) is 13.2. The second kappa shape index (κ2) is 6.06. The van der Waals surface area contributed by atoms with E-state index in [1.54, 1.807) is 18.0 Å². The number of benzene rings is 1. The molecule has 1 aromatic heterocycles. The molecule has 0 unspecified atom stereocenters. The van der Waals surface area contributed by atoms with Crippen molar-refractivity contribution in [3.63, 3.8) is 0 Å². The molecule has 0 aliphatic carbocycles. The van der Waals surface area contributed by atoms with Gasteiger partial charge in [0.1, 0.15) is 0 Å². The third-order valence-corrected chi connectivity index (χ3v) is 2.82. The number of carbonyl (C=O) groups is 1. The van der Waals surface area contributed by atoms with Gasteiger partial charge in [0, 0.05) is 20.1 Å². The predicted octanol–water partition coefficient (Wildman–Crippen LogP) is 1.21. The summed E-state index contributed by atoms with van der Waals surface area (Å²) in [6.07, 6.45) is 2.98. The molecule has 5 heteroatoms. The standard InChI is InChI=1S/C14H16N4O/c1-18(14(19)13-5-6-16-17-9-13)10-12-4-2-3-11(7-12)8-15/h2-7,9H,8,10,15H2,1H3. The number of carbonyl (C=O) groups excluding carboxylic acids is 1. The van der Waals surface area contributed by atoms with Gasteiger partial charge in [0.05, 0.1) is 18.0 Å². The fraction of sp³-hybridized carbons (Fsp3) is 0.214. The zero-order chi connectivity index (χ0) is 13.7. The van der Waals surface area contributed by atoms with E-state index >= 15 is 0 Å². The monoisotopic (exact) mass is 256 g/mol. The maximum atomic E-state index is 12.1. The minimum atomic E-state index is -0.0759. The molecule has 0 atom stereocenters. The van der Waals surface area contributed by atoms with E-state index in [2.05, 4.69) is 10.2 Å². The average molecular weight is 256 g/mol. The van der Waals surface area contributed by atoms with Crippen molar-refractivity contribution in [1.29, 1.82) is 0 Å². The van der Waals surface area contributed by atoms with E-state index < -0.39 is 0 Å². The lowest BCUT2D eigenvalue weighted by Crippen LogP contribution is -2.26. The van der Waals surface area contributed by atoms with Gasteiger partial charge in [-0.25, -0.2) is 0 Å². The molecule has 19 heavy (non-hydrogen) atoms. The lowest BCUT2D eigenvalue weighted by molar-refractivity contribution is 0.0784. The number of rotatable bonds is 4. The number of hydrogen-bond acceptors (Lipinski definition) is 4. The zero-order valence-corrected chi connectivity index (χ0v) is 10.8. The molecule has 0 saturated carbocycles. The average Bonchev–Trinajstić information content (AvgIpc) is 2.47. The Balaban J connectivity index is 2.08. The Kier molecular flexibility index (Phi) is 4.20. The zero-order valence-electron chi connectivity index (χ0n) is 10.8. The summed E-state index contributed by atoms with van der Waals surface area (Å²) < 4.78 is 0. The summed E-state index contributed by atoms with van der Waals surface area (Å²) in [7, 11) is 1.76. The van der Waals surface area contributed by atoms with Crippen LogP contribution in [0.25, 0.3) is 0 Å². The number of hydrogen-bond donors (Lipinski definition) is 1. The Morgan fingerprint density at radius 1 is 1.26 bits per heavy atom. The quantitative estimate of drug-likeness (QED) is 0.892. The predicted molar refractivity (Wildman–Crippen MR) is 72.2 cm³/mol. The van der Waals surface area contributed by atoms with Crippen molar-refractivity contribution in [2.45, 2.75) is 13.1 Å². The van der Waals surface area contributed by atoms with Crippen LogP contribution in [-0.4, -0.2) is 28.1 Å². The Hall–Kier alpha value is -2.27. The van der Waals surface area contributed by atoms with Crippen LogP contribution in [0.2, 0.25) is 0 Å². The Bertz CT molecular complexity index is 556. The topological polar surface area (TPSA) is 72.1 Å². The molecule has 1 aromatic carbocycles. The third kappa shape index (κ3) is 3.35. The molecule has 2 rings (SSSR count). The van der Waals surface area contributed by atoms with Crippen molar-refractivity contribution in [2.75, 3.05) is 7.05 Å². The van der Waals surface area contributed by atoms with Gasteiger partial charge >= 0.3 is 0 Å². The molecule has 2 N–H and O–H groups in total. The smallest absolute Gasteiger partial charge is 0.255 e. The van der Waals surface area contributed by atoms with Crippen molar-refractivity contribution in [2.24, 2.45) is 5.73 Å². The van der Waals surface area contributed by atoms with Crippen LogP contribution >= 0.6 is 0 Å². The van der Waals surface area contributed by atoms with E-state index in [-0.39, 0.29) is 5.91 Å². The second-order valence-corrected chi connectivity index (χ2v) is 4.32. The van der Waals surface area contributed by atoms with Gasteiger partial charge in [0.15, 0.2) is 0 Å². The molecule has 0 saturated heterocycles. The summed E-state index contributed by atoms with van der Waals surface area (Å²) in [5, 5.41) is 7.37. The van der Waals surface area contributed by atoms with Crippen LogP contribution in [0.4, 0.5) is 0 Å². The minimum absolute atomic E-state index is 0.0759. The number of nitrogens with two attached hydrogens (primary N) is 1. The minimum Gasteiger partial charge on any atom is -0.337 e. The van der Waals surface area contributed by atoms with Crippen molar-refractivity contribution >= 4 is 5.91 Å². The number of amides is 1. The van der Waals surface area contributed by atoms with Gasteiger partial charge in [-0.05, 0) is 17.2 Å². The molecule has 0 radical (unpaired) electrons. The van der Waals surface area contributed by atoms with Gasteiger partial charge in [-0.1, -0.05) is 24.3 Å². The van der Waals surface area contributed by atoms with Crippen LogP contribution in [0, 0.1) is 0 Å². The highest BCUT2D eigenvalue weighted by Crippen LogP contribution is 2.09. The largest absolute Gasteiger partial charge is 0.337 e. The van der Waals surface area contributed by atoms with Crippen molar-refractivity contribution in [3.05, 3.63) is 59.4 Å². The fourth-order valence-electron chi connectivity index (χ4n) is 1.84. The molecule has 0 spiro atoms. The third-order valence-electron chi connectivity index (χ3n) is 2.82. The van der Waals surface area contributed by atoms with Gasteiger partial charge in [0.25, 0.3) is 5.91 Å². The summed E-state index contributed by atoms with van der Waals surface area (Å²) in [6.45, 7) is 1.04. The highest BCUT2D eigenvalue weighted by Gasteiger charge is 2.12. The highest BCUT2D eigenvalue weighted by atomic mass is 16.2. The molecule has 0 aliphatic heterocycles. The molecule has 5 nitrogen and oxygen atoms in total. The molecular formula is C14H16N4O. The van der Waals surface area contributed by atoms with Gasteiger partial charge in [-0.15, -0.1) is 0 Å². The van der Waals surface area contributed by atoms with E-state index in [1.165, 1.54) is 12.4 Å². The highest BCUT2D eigenvalue weighted by molar-refractivity contribution is 5.93. The molecule has 0 aliphatic rings. The van der Waals surface area contributed by atoms with Crippen molar-refractivity contribution in [1.82, 2.24) is 15.1 Å². The first-order valence-corrected chi connectivity index (χ1v) is 6.00. The second-order valence-electron chi connectivity index (χ2n) is 4.32. The number of aromatic nitrogens is 2. The maximum Gasteiger partial charge on any atom is 0.255 e. The summed E-state index contributed by atoms with van der Waals surface area (Å²) in [6, 6.07) is 9.56. The van der Waals surface area contributed by atoms with Crippen LogP contribution in [0.15, 0.2) is 42.7 Å². The fourth-order valence-corrected chi connectivity index (χ4v) is 1.84. The molecule has 0 bridgehead atoms. The van der Waals surface area contributed by atoms with Crippen LogP contribution in [0.1, 0.15) is 21.5 Å². The Morgan fingerprint density at radius 3 is 2.74 bits per heavy atom. The number of nitrogens with zero attached hydrogens (tertiary/aromatic N) is 3. The SMILES string of the molecule is CN(Cc1cccc(CN)c1)C(=O)c1ccnnc1. The van der Waals surface area contributed by atoms with Gasteiger partial charge in [-0.3, -0.25) is 4.79 Å². The summed E-state index contributed by atoms with van der Waals surface area (Å²) in [5.74, 6) is -0.0759. The molecule has 2 aromatic rings. The summed E-state index contributed by atoms with van der Waals surface area (Å²) in [5.41, 5.74) is 8.25. The van der Waals surface area contributed by atoms with Crippen LogP contribution in [-0.2, 0) is 13.1 Å². The normalized spacial score (nSPS) is 10.2. The van der Waals surface area contributed by atoms with Crippen LogP contribution in [0.5, 0.6) is 0 Å². The van der Waals surface area contributed by atoms with Gasteiger partial charge in [-0.2, -0.15) is 10.2 Å². The first-order valence-electron chi connectivity index (χ1n) is 6.00. The molecule has 1 heterocycles. The molecule has 98 valence electrons. The maximum absolute atomic E-state index is 12.1. The van der Waals surface area contributed by atoms with E-state index in [0.717, 1.165) is 11.1 Å². The van der Waals surface area contributed by atoms with E-state index in [1.807, 2.05) is 24.3 Å². The molecular weight excluding hydrogens is 240 g/mol. The van der Waals surface area contributed by atoms with Crippen molar-refractivity contribution < 1.29 is 4.79 Å². The summed E-state index contributed by atoms with van der Waals surface area (Å²) in [4.78, 5) is 13.8.